The SMILES string of the molecule is CC(C)N(C)CCNCC1CCN(C)CC1. The van der Waals surface area contributed by atoms with E-state index >= 15 is 0 Å². The minimum atomic E-state index is 0.658. The number of hydrogen-bond donors (Lipinski definition) is 1. The molecule has 1 heterocycles. The molecule has 3 heteroatoms. The van der Waals surface area contributed by atoms with Gasteiger partial charge in [0.15, 0.2) is 0 Å². The predicted molar refractivity (Wildman–Crippen MR) is 70.9 cm³/mol. The highest BCUT2D eigenvalue weighted by Crippen LogP contribution is 2.14. The molecule has 0 aliphatic carbocycles. The Balaban J connectivity index is 1.99. The van der Waals surface area contributed by atoms with E-state index in [1.165, 1.54) is 32.5 Å². The number of nitrogens with one attached hydrogen (secondary N) is 1. The number of hydrogen-bond acceptors (Lipinski definition) is 3. The summed E-state index contributed by atoms with van der Waals surface area (Å²) in [6, 6.07) is 0.658. The first-order valence-electron chi connectivity index (χ1n) is 6.69. The zero-order chi connectivity index (χ0) is 12.0. The first-order valence-corrected chi connectivity index (χ1v) is 6.69. The van der Waals surface area contributed by atoms with Crippen molar-refractivity contribution in [1.29, 1.82) is 0 Å². The van der Waals surface area contributed by atoms with Gasteiger partial charge in [-0.1, -0.05) is 0 Å². The first kappa shape index (κ1) is 13.9. The van der Waals surface area contributed by atoms with Gasteiger partial charge in [0.05, 0.1) is 0 Å². The topological polar surface area (TPSA) is 18.5 Å². The van der Waals surface area contributed by atoms with Gasteiger partial charge in [0, 0.05) is 19.1 Å². The number of nitrogens with zero attached hydrogens (tertiary/aromatic N) is 2. The van der Waals surface area contributed by atoms with Crippen LogP contribution in [0.15, 0.2) is 0 Å². The molecule has 0 aromatic heterocycles. The van der Waals surface area contributed by atoms with Crippen LogP contribution in [0.2, 0.25) is 0 Å². The zero-order valence-electron chi connectivity index (χ0n) is 11.5. The van der Waals surface area contributed by atoms with Crippen LogP contribution < -0.4 is 5.32 Å². The quantitative estimate of drug-likeness (QED) is 0.689. The molecular weight excluding hydrogens is 198 g/mol. The van der Waals surface area contributed by atoms with Crippen molar-refractivity contribution < 1.29 is 0 Å². The van der Waals surface area contributed by atoms with Gasteiger partial charge < -0.3 is 15.1 Å². The van der Waals surface area contributed by atoms with Crippen LogP contribution >= 0.6 is 0 Å². The van der Waals surface area contributed by atoms with E-state index in [2.05, 4.69) is 43.1 Å². The van der Waals surface area contributed by atoms with Gasteiger partial charge in [0.25, 0.3) is 0 Å². The van der Waals surface area contributed by atoms with E-state index in [-0.39, 0.29) is 0 Å². The van der Waals surface area contributed by atoms with Crippen molar-refractivity contribution in [3.63, 3.8) is 0 Å². The maximum absolute atomic E-state index is 3.60. The molecule has 0 aromatic carbocycles. The summed E-state index contributed by atoms with van der Waals surface area (Å²) in [6.45, 7) is 10.5. The third-order valence-electron chi connectivity index (χ3n) is 3.79. The maximum Gasteiger partial charge on any atom is 0.0106 e. The molecule has 1 rings (SSSR count). The summed E-state index contributed by atoms with van der Waals surface area (Å²) < 4.78 is 0. The molecule has 1 fully saturated rings. The Morgan fingerprint density at radius 3 is 2.50 bits per heavy atom. The Bertz CT molecular complexity index is 174. The lowest BCUT2D eigenvalue weighted by molar-refractivity contribution is 0.212. The van der Waals surface area contributed by atoms with E-state index in [0.717, 1.165) is 19.0 Å². The lowest BCUT2D eigenvalue weighted by Crippen LogP contribution is -2.38. The standard InChI is InChI=1S/C13H29N3/c1-12(2)16(4)10-7-14-11-13-5-8-15(3)9-6-13/h12-14H,5-11H2,1-4H3. The van der Waals surface area contributed by atoms with Gasteiger partial charge in [-0.05, 0) is 66.3 Å². The summed E-state index contributed by atoms with van der Waals surface area (Å²) in [5.41, 5.74) is 0. The Kier molecular flexibility index (Phi) is 6.32. The van der Waals surface area contributed by atoms with Gasteiger partial charge >= 0.3 is 0 Å². The number of likely N-dealkylation sites (tertiary alicyclic amines) is 1. The Morgan fingerprint density at radius 1 is 1.31 bits per heavy atom. The fourth-order valence-corrected chi connectivity index (χ4v) is 2.09. The number of likely N-dealkylation sites (N-methyl/N-ethyl adjacent to an activating group) is 1. The largest absolute Gasteiger partial charge is 0.315 e. The van der Waals surface area contributed by atoms with Crippen molar-refractivity contribution in [2.24, 2.45) is 5.92 Å². The fraction of sp³-hybridized carbons (Fsp3) is 1.00. The van der Waals surface area contributed by atoms with Crippen LogP contribution in [-0.2, 0) is 0 Å². The van der Waals surface area contributed by atoms with Crippen LogP contribution in [-0.4, -0.2) is 62.7 Å². The fourth-order valence-electron chi connectivity index (χ4n) is 2.09. The summed E-state index contributed by atoms with van der Waals surface area (Å²) >= 11 is 0. The van der Waals surface area contributed by atoms with Crippen LogP contribution in [0.3, 0.4) is 0 Å². The minimum Gasteiger partial charge on any atom is -0.315 e. The molecule has 3 nitrogen and oxygen atoms in total. The third-order valence-corrected chi connectivity index (χ3v) is 3.79. The van der Waals surface area contributed by atoms with Gasteiger partial charge in [-0.15, -0.1) is 0 Å². The second-order valence-corrected chi connectivity index (χ2v) is 5.53. The second-order valence-electron chi connectivity index (χ2n) is 5.53. The van der Waals surface area contributed by atoms with Gasteiger partial charge in [-0.3, -0.25) is 0 Å². The van der Waals surface area contributed by atoms with Crippen LogP contribution in [0, 0.1) is 5.92 Å². The van der Waals surface area contributed by atoms with Gasteiger partial charge in [-0.2, -0.15) is 0 Å². The molecular formula is C13H29N3. The highest BCUT2D eigenvalue weighted by Gasteiger charge is 2.15. The highest BCUT2D eigenvalue weighted by molar-refractivity contribution is 4.72. The van der Waals surface area contributed by atoms with E-state index in [4.69, 9.17) is 0 Å². The first-order chi connectivity index (χ1) is 7.59. The smallest absolute Gasteiger partial charge is 0.0106 e. The van der Waals surface area contributed by atoms with Crippen molar-refractivity contribution in [2.45, 2.75) is 32.7 Å². The van der Waals surface area contributed by atoms with E-state index in [1.54, 1.807) is 0 Å². The average molecular weight is 227 g/mol. The summed E-state index contributed by atoms with van der Waals surface area (Å²) in [6.07, 6.45) is 2.73. The van der Waals surface area contributed by atoms with Crippen LogP contribution in [0.25, 0.3) is 0 Å². The average Bonchev–Trinajstić information content (AvgIpc) is 2.26. The molecule has 0 unspecified atom stereocenters. The van der Waals surface area contributed by atoms with Crippen LogP contribution in [0.5, 0.6) is 0 Å². The monoisotopic (exact) mass is 227 g/mol. The molecule has 1 aliphatic heterocycles. The zero-order valence-corrected chi connectivity index (χ0v) is 11.5. The van der Waals surface area contributed by atoms with Crippen molar-refractivity contribution in [1.82, 2.24) is 15.1 Å². The van der Waals surface area contributed by atoms with Crippen molar-refractivity contribution in [3.05, 3.63) is 0 Å². The Morgan fingerprint density at radius 2 is 1.94 bits per heavy atom. The molecule has 0 radical (unpaired) electrons. The summed E-state index contributed by atoms with van der Waals surface area (Å²) in [7, 11) is 4.42. The summed E-state index contributed by atoms with van der Waals surface area (Å²) in [4.78, 5) is 4.82. The molecule has 0 atom stereocenters. The molecule has 1 aliphatic rings. The van der Waals surface area contributed by atoms with Crippen molar-refractivity contribution >= 4 is 0 Å². The normalized spacial score (nSPS) is 19.9. The van der Waals surface area contributed by atoms with Crippen molar-refractivity contribution in [3.8, 4) is 0 Å². The van der Waals surface area contributed by atoms with Crippen LogP contribution in [0.1, 0.15) is 26.7 Å². The third kappa shape index (κ3) is 5.28. The molecule has 0 aromatic rings. The maximum atomic E-state index is 3.60. The summed E-state index contributed by atoms with van der Waals surface area (Å²) in [5.74, 6) is 0.903. The molecule has 16 heavy (non-hydrogen) atoms. The number of piperidine rings is 1. The minimum absolute atomic E-state index is 0.658. The van der Waals surface area contributed by atoms with E-state index < -0.39 is 0 Å². The lowest BCUT2D eigenvalue weighted by atomic mass is 9.97. The van der Waals surface area contributed by atoms with E-state index in [0.29, 0.717) is 6.04 Å². The molecule has 0 bridgehead atoms. The predicted octanol–water partition coefficient (Wildman–Crippen LogP) is 1.26. The second kappa shape index (κ2) is 7.25. The molecule has 0 spiro atoms. The molecule has 0 saturated carbocycles. The van der Waals surface area contributed by atoms with Gasteiger partial charge in [0.2, 0.25) is 0 Å². The highest BCUT2D eigenvalue weighted by atomic mass is 15.1. The van der Waals surface area contributed by atoms with Gasteiger partial charge in [-0.25, -0.2) is 0 Å². The summed E-state index contributed by atoms with van der Waals surface area (Å²) in [5, 5.41) is 3.60. The Labute approximate surface area is 101 Å². The van der Waals surface area contributed by atoms with Crippen LogP contribution in [0.4, 0.5) is 0 Å². The molecule has 1 N–H and O–H groups in total. The molecule has 1 saturated heterocycles. The molecule has 96 valence electrons. The van der Waals surface area contributed by atoms with Crippen molar-refractivity contribution in [2.75, 3.05) is 46.8 Å². The number of rotatable bonds is 6. The lowest BCUT2D eigenvalue weighted by Gasteiger charge is -2.29. The van der Waals surface area contributed by atoms with E-state index in [1.807, 2.05) is 0 Å². The van der Waals surface area contributed by atoms with Gasteiger partial charge in [0.1, 0.15) is 0 Å². The molecule has 0 amide bonds. The Hall–Kier alpha value is -0.120. The van der Waals surface area contributed by atoms with E-state index in [9.17, 15) is 0 Å².